The maximum absolute atomic E-state index is 14.1. The van der Waals surface area contributed by atoms with Crippen LogP contribution in [0.4, 0.5) is 10.1 Å². The van der Waals surface area contributed by atoms with E-state index in [9.17, 15) is 19.3 Å². The number of non-ortho nitro benzene ring substituents is 1. The lowest BCUT2D eigenvalue weighted by molar-refractivity contribution is -0.384. The molecule has 37 heavy (non-hydrogen) atoms. The first-order valence-corrected chi connectivity index (χ1v) is 11.2. The molecule has 188 valence electrons. The van der Waals surface area contributed by atoms with Gasteiger partial charge in [0, 0.05) is 17.7 Å². The minimum Gasteiger partial charge on any atom is -0.490 e. The molecule has 3 rings (SSSR count). The largest absolute Gasteiger partial charge is 0.490 e. The molecule has 9 nitrogen and oxygen atoms in total. The molecule has 0 radical (unpaired) electrons. The highest BCUT2D eigenvalue weighted by atomic mass is 19.1. The number of rotatable bonds is 11. The van der Waals surface area contributed by atoms with Crippen LogP contribution in [0.3, 0.4) is 0 Å². The fourth-order valence-electron chi connectivity index (χ4n) is 3.36. The summed E-state index contributed by atoms with van der Waals surface area (Å²) in [7, 11) is 0. The smallest absolute Gasteiger partial charge is 0.274 e. The van der Waals surface area contributed by atoms with Gasteiger partial charge in [0.1, 0.15) is 12.4 Å². The Bertz CT molecular complexity index is 1380. The van der Waals surface area contributed by atoms with Gasteiger partial charge in [-0.3, -0.25) is 14.9 Å². The molecule has 0 bridgehead atoms. The van der Waals surface area contributed by atoms with Gasteiger partial charge in [-0.2, -0.15) is 10.4 Å². The van der Waals surface area contributed by atoms with Gasteiger partial charge in [0.15, 0.2) is 11.5 Å². The predicted molar refractivity (Wildman–Crippen MR) is 135 cm³/mol. The zero-order valence-corrected chi connectivity index (χ0v) is 19.9. The maximum Gasteiger partial charge on any atom is 0.274 e. The second-order valence-electron chi connectivity index (χ2n) is 7.65. The van der Waals surface area contributed by atoms with Crippen molar-refractivity contribution in [3.05, 3.63) is 111 Å². The normalized spacial score (nSPS) is 10.5. The summed E-state index contributed by atoms with van der Waals surface area (Å²) < 4.78 is 25.9. The lowest BCUT2D eigenvalue weighted by atomic mass is 10.1. The lowest BCUT2D eigenvalue weighted by Crippen LogP contribution is -2.19. The summed E-state index contributed by atoms with van der Waals surface area (Å²) in [5.41, 5.74) is 4.19. The topological polar surface area (TPSA) is 127 Å². The number of carbonyl (C=O) groups is 1. The van der Waals surface area contributed by atoms with Gasteiger partial charge >= 0.3 is 0 Å². The van der Waals surface area contributed by atoms with Crippen LogP contribution in [0, 0.1) is 27.3 Å². The van der Waals surface area contributed by atoms with Gasteiger partial charge in [0.25, 0.3) is 11.6 Å². The molecule has 1 amide bonds. The van der Waals surface area contributed by atoms with Gasteiger partial charge in [-0.1, -0.05) is 6.08 Å². The first kappa shape index (κ1) is 26.6. The molecule has 0 spiro atoms. The molecule has 0 aliphatic carbocycles. The molecular formula is C27H23FN4O5. The number of hydrogen-bond acceptors (Lipinski definition) is 7. The molecule has 0 unspecified atom stereocenters. The third-order valence-corrected chi connectivity index (χ3v) is 5.07. The Morgan fingerprint density at radius 2 is 1.97 bits per heavy atom. The number of halogens is 1. The average Bonchev–Trinajstić information content (AvgIpc) is 2.88. The van der Waals surface area contributed by atoms with Crippen molar-refractivity contribution in [1.82, 2.24) is 5.43 Å². The molecule has 1 N–H and O–H groups in total. The van der Waals surface area contributed by atoms with Crippen LogP contribution in [0.15, 0.2) is 72.4 Å². The summed E-state index contributed by atoms with van der Waals surface area (Å²) in [6.07, 6.45) is 3.52. The van der Waals surface area contributed by atoms with E-state index >= 15 is 0 Å². The van der Waals surface area contributed by atoms with Crippen molar-refractivity contribution in [2.45, 2.75) is 20.0 Å². The summed E-state index contributed by atoms with van der Waals surface area (Å²) in [4.78, 5) is 22.7. The van der Waals surface area contributed by atoms with Gasteiger partial charge in [-0.15, -0.1) is 6.58 Å². The number of nitriles is 1. The average molecular weight is 503 g/mol. The highest BCUT2D eigenvalue weighted by Gasteiger charge is 2.15. The van der Waals surface area contributed by atoms with Crippen LogP contribution in [0.2, 0.25) is 0 Å². The summed E-state index contributed by atoms with van der Waals surface area (Å²) in [5.74, 6) is -0.665. The van der Waals surface area contributed by atoms with Crippen LogP contribution in [0.25, 0.3) is 0 Å². The number of ether oxygens (including phenoxy) is 2. The number of allylic oxidation sites excluding steroid dienone is 1. The number of amides is 1. The van der Waals surface area contributed by atoms with Crippen molar-refractivity contribution < 1.29 is 23.6 Å². The number of carbonyl (C=O) groups excluding carboxylic acids is 1. The molecule has 3 aromatic carbocycles. The van der Waals surface area contributed by atoms with Gasteiger partial charge in [0.05, 0.1) is 34.9 Å². The van der Waals surface area contributed by atoms with E-state index < -0.39 is 16.6 Å². The molecule has 0 aliphatic rings. The van der Waals surface area contributed by atoms with Crippen LogP contribution >= 0.6 is 0 Å². The Labute approximate surface area is 212 Å². The van der Waals surface area contributed by atoms with Crippen LogP contribution in [-0.2, 0) is 13.0 Å². The monoisotopic (exact) mass is 502 g/mol. The summed E-state index contributed by atoms with van der Waals surface area (Å²) in [6.45, 7) is 6.11. The van der Waals surface area contributed by atoms with E-state index in [2.05, 4.69) is 17.1 Å². The van der Waals surface area contributed by atoms with Crippen LogP contribution < -0.4 is 14.9 Å². The third-order valence-electron chi connectivity index (χ3n) is 5.07. The second kappa shape index (κ2) is 12.6. The van der Waals surface area contributed by atoms with Crippen LogP contribution in [0.1, 0.15) is 39.5 Å². The number of nitro benzene ring substituents is 1. The standard InChI is InChI=1S/C27H23FN4O5/c1-3-5-21-12-20(16-30-31-27(33)23-11-8-19(15-29)13-24(23)28)14-25(36-4-2)26(21)37-17-18-6-9-22(10-7-18)32(34)35/h3,6-14,16H,1,4-5,17H2,2H3,(H,31,33)/b30-16-. The predicted octanol–water partition coefficient (Wildman–Crippen LogP) is 5.08. The fourth-order valence-corrected chi connectivity index (χ4v) is 3.36. The van der Waals surface area contributed by atoms with E-state index in [1.807, 2.05) is 6.92 Å². The number of nitrogens with one attached hydrogen (secondary N) is 1. The zero-order chi connectivity index (χ0) is 26.8. The molecule has 0 saturated heterocycles. The summed E-state index contributed by atoms with van der Waals surface area (Å²) in [5, 5.41) is 23.6. The molecular weight excluding hydrogens is 479 g/mol. The molecule has 0 aliphatic heterocycles. The van der Waals surface area contributed by atoms with E-state index in [0.717, 1.165) is 17.2 Å². The van der Waals surface area contributed by atoms with Crippen molar-refractivity contribution in [3.63, 3.8) is 0 Å². The SMILES string of the molecule is C=CCc1cc(/C=N\NC(=O)c2ccc(C#N)cc2F)cc(OCC)c1OCc1ccc([N+](=O)[O-])cc1. The van der Waals surface area contributed by atoms with Crippen molar-refractivity contribution in [3.8, 4) is 17.6 Å². The molecule has 3 aromatic rings. The van der Waals surface area contributed by atoms with E-state index in [1.165, 1.54) is 30.5 Å². The Morgan fingerprint density at radius 3 is 2.59 bits per heavy atom. The number of nitrogens with zero attached hydrogens (tertiary/aromatic N) is 3. The minimum atomic E-state index is -0.826. The number of hydrogen-bond donors (Lipinski definition) is 1. The number of hydrazone groups is 1. The number of benzene rings is 3. The van der Waals surface area contributed by atoms with Gasteiger partial charge < -0.3 is 9.47 Å². The van der Waals surface area contributed by atoms with E-state index in [-0.39, 0.29) is 23.4 Å². The molecule has 0 fully saturated rings. The van der Waals surface area contributed by atoms with Gasteiger partial charge in [-0.05, 0) is 66.9 Å². The Kier molecular flexibility index (Phi) is 9.05. The first-order valence-electron chi connectivity index (χ1n) is 11.2. The van der Waals surface area contributed by atoms with Crippen molar-refractivity contribution in [2.75, 3.05) is 6.61 Å². The Morgan fingerprint density at radius 1 is 1.22 bits per heavy atom. The third kappa shape index (κ3) is 6.99. The highest BCUT2D eigenvalue weighted by molar-refractivity contribution is 5.95. The van der Waals surface area contributed by atoms with Gasteiger partial charge in [-0.25, -0.2) is 9.82 Å². The molecule has 0 heterocycles. The Hall–Kier alpha value is -5.04. The summed E-state index contributed by atoms with van der Waals surface area (Å²) in [6, 6.07) is 14.8. The van der Waals surface area contributed by atoms with Crippen molar-refractivity contribution >= 4 is 17.8 Å². The minimum absolute atomic E-state index is 0.0104. The van der Waals surface area contributed by atoms with E-state index in [0.29, 0.717) is 30.1 Å². The lowest BCUT2D eigenvalue weighted by Gasteiger charge is -2.17. The van der Waals surface area contributed by atoms with Crippen LogP contribution in [0.5, 0.6) is 11.5 Å². The number of nitro groups is 1. The zero-order valence-electron chi connectivity index (χ0n) is 19.9. The van der Waals surface area contributed by atoms with Crippen LogP contribution in [-0.4, -0.2) is 23.7 Å². The maximum atomic E-state index is 14.1. The molecule has 0 saturated carbocycles. The molecule has 10 heteroatoms. The molecule has 0 aromatic heterocycles. The second-order valence-corrected chi connectivity index (χ2v) is 7.65. The van der Waals surface area contributed by atoms with Gasteiger partial charge in [0.2, 0.25) is 0 Å². The van der Waals surface area contributed by atoms with Crippen molar-refractivity contribution in [2.24, 2.45) is 5.10 Å². The molecule has 0 atom stereocenters. The summed E-state index contributed by atoms with van der Waals surface area (Å²) >= 11 is 0. The van der Waals surface area contributed by atoms with E-state index in [4.69, 9.17) is 14.7 Å². The van der Waals surface area contributed by atoms with Crippen molar-refractivity contribution in [1.29, 1.82) is 5.26 Å². The quantitative estimate of drug-likeness (QED) is 0.169. The first-order chi connectivity index (χ1) is 17.9. The highest BCUT2D eigenvalue weighted by Crippen LogP contribution is 2.34. The van der Waals surface area contributed by atoms with E-state index in [1.54, 1.807) is 36.4 Å². The fraction of sp³-hybridized carbons (Fsp3) is 0.148. The Balaban J connectivity index is 1.80.